The molecule has 1 aliphatic rings. The van der Waals surface area contributed by atoms with E-state index in [1.165, 1.54) is 18.2 Å². The Hall–Kier alpha value is -2.83. The lowest BCUT2D eigenvalue weighted by Gasteiger charge is -2.44. The maximum Gasteiger partial charge on any atom is 0.130 e. The number of piperidine rings is 1. The molecule has 4 atom stereocenters. The molecular formula is C28H32F2N2O2. The third-order valence-corrected chi connectivity index (χ3v) is 7.27. The normalized spacial score (nSPS) is 20.7. The Labute approximate surface area is 199 Å². The molecule has 0 radical (unpaired) electrons. The van der Waals surface area contributed by atoms with Gasteiger partial charge in [0.2, 0.25) is 0 Å². The number of ether oxygens (including phenoxy) is 1. The van der Waals surface area contributed by atoms with E-state index in [-0.39, 0.29) is 18.2 Å². The predicted molar refractivity (Wildman–Crippen MR) is 131 cm³/mol. The Bertz CT molecular complexity index is 1130. The van der Waals surface area contributed by atoms with Gasteiger partial charge in [0.05, 0.1) is 18.7 Å². The lowest BCUT2D eigenvalue weighted by molar-refractivity contribution is -0.00452. The second-order valence-electron chi connectivity index (χ2n) is 9.06. The van der Waals surface area contributed by atoms with Gasteiger partial charge in [-0.1, -0.05) is 19.1 Å². The number of aromatic nitrogens is 1. The van der Waals surface area contributed by atoms with Gasteiger partial charge in [0.15, 0.2) is 0 Å². The van der Waals surface area contributed by atoms with E-state index in [0.717, 1.165) is 29.3 Å². The van der Waals surface area contributed by atoms with Crippen LogP contribution in [0.5, 0.6) is 5.75 Å². The van der Waals surface area contributed by atoms with Crippen molar-refractivity contribution in [1.82, 2.24) is 9.88 Å². The Morgan fingerprint density at radius 2 is 2.00 bits per heavy atom. The number of hydrogen-bond donors (Lipinski definition) is 1. The van der Waals surface area contributed by atoms with E-state index >= 15 is 0 Å². The van der Waals surface area contributed by atoms with Crippen LogP contribution in [0.25, 0.3) is 10.9 Å². The van der Waals surface area contributed by atoms with Gasteiger partial charge >= 0.3 is 0 Å². The van der Waals surface area contributed by atoms with Gasteiger partial charge in [-0.2, -0.15) is 0 Å². The minimum atomic E-state index is -0.863. The maximum absolute atomic E-state index is 14.5. The van der Waals surface area contributed by atoms with Gasteiger partial charge in [-0.05, 0) is 79.6 Å². The Balaban J connectivity index is 1.73. The van der Waals surface area contributed by atoms with Crippen LogP contribution in [-0.2, 0) is 6.54 Å². The van der Waals surface area contributed by atoms with E-state index in [4.69, 9.17) is 4.74 Å². The van der Waals surface area contributed by atoms with Crippen LogP contribution in [0.3, 0.4) is 0 Å². The summed E-state index contributed by atoms with van der Waals surface area (Å²) in [6.07, 6.45) is 5.37. The number of halogens is 2. The number of pyridine rings is 1. The summed E-state index contributed by atoms with van der Waals surface area (Å²) in [6, 6.07) is 11.0. The molecular weight excluding hydrogens is 434 g/mol. The Morgan fingerprint density at radius 1 is 1.24 bits per heavy atom. The van der Waals surface area contributed by atoms with E-state index < -0.39 is 17.7 Å². The molecule has 1 aromatic heterocycles. The van der Waals surface area contributed by atoms with Gasteiger partial charge in [0.1, 0.15) is 17.4 Å². The number of rotatable bonds is 8. The zero-order chi connectivity index (χ0) is 24.2. The molecule has 180 valence electrons. The molecule has 34 heavy (non-hydrogen) atoms. The molecule has 4 rings (SSSR count). The first kappa shape index (κ1) is 24.3. The molecule has 3 aromatic rings. The zero-order valence-corrected chi connectivity index (χ0v) is 19.8. The summed E-state index contributed by atoms with van der Waals surface area (Å²) < 4.78 is 34.4. The lowest BCUT2D eigenvalue weighted by Crippen LogP contribution is -2.46. The molecule has 4 nitrogen and oxygen atoms in total. The van der Waals surface area contributed by atoms with Crippen LogP contribution in [0.15, 0.2) is 61.3 Å². The molecule has 1 N–H and O–H groups in total. The molecule has 1 saturated heterocycles. The fraction of sp³-hybridized carbons (Fsp3) is 0.393. The molecule has 0 amide bonds. The van der Waals surface area contributed by atoms with Crippen LogP contribution < -0.4 is 4.74 Å². The summed E-state index contributed by atoms with van der Waals surface area (Å²) >= 11 is 0. The average Bonchev–Trinajstić information content (AvgIpc) is 2.86. The summed E-state index contributed by atoms with van der Waals surface area (Å²) in [5, 5.41) is 12.5. The molecule has 4 unspecified atom stereocenters. The minimum Gasteiger partial charge on any atom is -0.497 e. The molecule has 0 spiro atoms. The number of likely N-dealkylation sites (tertiary alicyclic amines) is 1. The molecule has 0 bridgehead atoms. The van der Waals surface area contributed by atoms with Crippen LogP contribution in [0, 0.1) is 23.5 Å². The highest BCUT2D eigenvalue weighted by Crippen LogP contribution is 2.39. The summed E-state index contributed by atoms with van der Waals surface area (Å²) in [6.45, 7) is 6.89. The summed E-state index contributed by atoms with van der Waals surface area (Å²) in [5.74, 6) is 0.222. The average molecular weight is 467 g/mol. The van der Waals surface area contributed by atoms with Crippen molar-refractivity contribution in [3.8, 4) is 5.75 Å². The fourth-order valence-corrected chi connectivity index (χ4v) is 5.31. The second-order valence-corrected chi connectivity index (χ2v) is 9.06. The van der Waals surface area contributed by atoms with Crippen LogP contribution in [-0.4, -0.2) is 34.7 Å². The van der Waals surface area contributed by atoms with Crippen molar-refractivity contribution in [2.45, 2.75) is 44.9 Å². The largest absolute Gasteiger partial charge is 0.497 e. The highest BCUT2D eigenvalue weighted by molar-refractivity contribution is 5.83. The van der Waals surface area contributed by atoms with Gasteiger partial charge in [0, 0.05) is 29.7 Å². The first-order valence-corrected chi connectivity index (χ1v) is 11.9. The standard InChI is InChI=1S/C28H32F2N2O2/c1-4-18(5-2)19-12-14-32(17-23-24(29)7-6-8-25(23)30)27(15-19)28(33)21-11-13-31-26-10-9-20(34-3)16-22(21)26/h4,6-11,13,16,18-19,27-28,33H,1,5,12,14-15,17H2,2-3H3. The monoisotopic (exact) mass is 466 g/mol. The first-order valence-electron chi connectivity index (χ1n) is 11.9. The van der Waals surface area contributed by atoms with Gasteiger partial charge in [0.25, 0.3) is 0 Å². The number of nitrogens with zero attached hydrogens (tertiary/aromatic N) is 2. The quantitative estimate of drug-likeness (QED) is 0.411. The maximum atomic E-state index is 14.5. The van der Waals surface area contributed by atoms with Gasteiger partial charge < -0.3 is 9.84 Å². The summed E-state index contributed by atoms with van der Waals surface area (Å²) in [5.41, 5.74) is 1.53. The number of methoxy groups -OCH3 is 1. The number of hydrogen-bond acceptors (Lipinski definition) is 4. The topological polar surface area (TPSA) is 45.6 Å². The van der Waals surface area contributed by atoms with Crippen LogP contribution >= 0.6 is 0 Å². The number of fused-ring (bicyclic) bond motifs is 1. The SMILES string of the molecule is C=CC(CC)C1CCN(Cc2c(F)cccc2F)C(C(O)c2ccnc3ccc(OC)cc23)C1. The van der Waals surface area contributed by atoms with Crippen molar-refractivity contribution in [3.63, 3.8) is 0 Å². The van der Waals surface area contributed by atoms with Crippen LogP contribution in [0.2, 0.25) is 0 Å². The lowest BCUT2D eigenvalue weighted by atomic mass is 9.77. The van der Waals surface area contributed by atoms with Crippen molar-refractivity contribution in [1.29, 1.82) is 0 Å². The Kier molecular flexibility index (Phi) is 7.59. The number of aliphatic hydroxyl groups excluding tert-OH is 1. The predicted octanol–water partition coefficient (Wildman–Crippen LogP) is 6.05. The van der Waals surface area contributed by atoms with E-state index in [1.54, 1.807) is 13.3 Å². The smallest absolute Gasteiger partial charge is 0.130 e. The first-order chi connectivity index (χ1) is 16.5. The van der Waals surface area contributed by atoms with Crippen molar-refractivity contribution < 1.29 is 18.6 Å². The molecule has 1 fully saturated rings. The van der Waals surface area contributed by atoms with E-state index in [9.17, 15) is 13.9 Å². The summed E-state index contributed by atoms with van der Waals surface area (Å²) in [7, 11) is 1.60. The van der Waals surface area contributed by atoms with Gasteiger partial charge in [-0.3, -0.25) is 9.88 Å². The Morgan fingerprint density at radius 3 is 2.68 bits per heavy atom. The van der Waals surface area contributed by atoms with Gasteiger partial charge in [-0.25, -0.2) is 8.78 Å². The van der Waals surface area contributed by atoms with Crippen molar-refractivity contribution in [3.05, 3.63) is 84.1 Å². The van der Waals surface area contributed by atoms with Gasteiger partial charge in [-0.15, -0.1) is 6.58 Å². The fourth-order valence-electron chi connectivity index (χ4n) is 5.31. The number of aliphatic hydroxyl groups is 1. The molecule has 2 heterocycles. The zero-order valence-electron chi connectivity index (χ0n) is 19.8. The van der Waals surface area contributed by atoms with E-state index in [2.05, 4.69) is 18.5 Å². The van der Waals surface area contributed by atoms with Crippen molar-refractivity contribution >= 4 is 10.9 Å². The highest BCUT2D eigenvalue weighted by Gasteiger charge is 2.37. The highest BCUT2D eigenvalue weighted by atomic mass is 19.1. The van der Waals surface area contributed by atoms with E-state index in [0.29, 0.717) is 30.6 Å². The molecule has 6 heteroatoms. The molecule has 2 aromatic carbocycles. The van der Waals surface area contributed by atoms with Crippen LogP contribution in [0.4, 0.5) is 8.78 Å². The van der Waals surface area contributed by atoms with Crippen molar-refractivity contribution in [2.24, 2.45) is 11.8 Å². The third-order valence-electron chi connectivity index (χ3n) is 7.27. The third kappa shape index (κ3) is 4.84. The number of allylic oxidation sites excluding steroid dienone is 1. The summed E-state index contributed by atoms with van der Waals surface area (Å²) in [4.78, 5) is 6.45. The molecule has 1 aliphatic heterocycles. The van der Waals surface area contributed by atoms with Crippen LogP contribution in [0.1, 0.15) is 43.4 Å². The van der Waals surface area contributed by atoms with E-state index in [1.807, 2.05) is 35.2 Å². The number of benzene rings is 2. The second kappa shape index (κ2) is 10.6. The minimum absolute atomic E-state index is 0.0372. The van der Waals surface area contributed by atoms with Crippen molar-refractivity contribution in [2.75, 3.05) is 13.7 Å². The molecule has 0 saturated carbocycles. The molecule has 0 aliphatic carbocycles.